The predicted octanol–water partition coefficient (Wildman–Crippen LogP) is 2.55. The molecule has 20 heavy (non-hydrogen) atoms. The van der Waals surface area contributed by atoms with Gasteiger partial charge in [0.15, 0.2) is 5.78 Å². The summed E-state index contributed by atoms with van der Waals surface area (Å²) in [7, 11) is 1.94. The normalized spacial score (nSPS) is 11.2. The molecule has 0 radical (unpaired) electrons. The maximum atomic E-state index is 11.5. The van der Waals surface area contributed by atoms with Crippen LogP contribution in [0.3, 0.4) is 0 Å². The molecule has 0 aliphatic carbocycles. The minimum Gasteiger partial charge on any atom is -0.294 e. The number of aryl methyl sites for hydroxylation is 2. The molecular formula is C15H16N4O. The second-order valence-electron chi connectivity index (χ2n) is 5.03. The van der Waals surface area contributed by atoms with Crippen LogP contribution in [0.25, 0.3) is 16.6 Å². The zero-order valence-electron chi connectivity index (χ0n) is 12.0. The molecule has 0 unspecified atom stereocenters. The highest BCUT2D eigenvalue weighted by Crippen LogP contribution is 2.27. The van der Waals surface area contributed by atoms with E-state index >= 15 is 0 Å². The van der Waals surface area contributed by atoms with E-state index in [-0.39, 0.29) is 5.78 Å². The van der Waals surface area contributed by atoms with Gasteiger partial charge < -0.3 is 0 Å². The van der Waals surface area contributed by atoms with Crippen LogP contribution in [0, 0.1) is 13.8 Å². The Kier molecular flexibility index (Phi) is 2.71. The number of fused-ring (bicyclic) bond motifs is 1. The zero-order chi connectivity index (χ0) is 14.4. The minimum atomic E-state index is 0.0292. The van der Waals surface area contributed by atoms with E-state index in [4.69, 9.17) is 0 Å². The highest BCUT2D eigenvalue weighted by Gasteiger charge is 2.14. The molecule has 0 aliphatic rings. The lowest BCUT2D eigenvalue weighted by molar-refractivity contribution is 0.101. The lowest BCUT2D eigenvalue weighted by Crippen LogP contribution is -1.94. The van der Waals surface area contributed by atoms with Crippen molar-refractivity contribution in [1.29, 1.82) is 0 Å². The van der Waals surface area contributed by atoms with Gasteiger partial charge in [0.1, 0.15) is 0 Å². The summed E-state index contributed by atoms with van der Waals surface area (Å²) in [5, 5.41) is 8.69. The van der Waals surface area contributed by atoms with Crippen molar-refractivity contribution in [3.05, 3.63) is 41.5 Å². The number of carbonyl (C=O) groups is 1. The number of ketones is 1. The maximum Gasteiger partial charge on any atom is 0.163 e. The van der Waals surface area contributed by atoms with Crippen LogP contribution in [-0.2, 0) is 7.05 Å². The van der Waals surface area contributed by atoms with Crippen molar-refractivity contribution in [1.82, 2.24) is 19.4 Å². The summed E-state index contributed by atoms with van der Waals surface area (Å²) in [5.74, 6) is 0.0292. The first-order valence-electron chi connectivity index (χ1n) is 6.48. The molecule has 3 rings (SSSR count). The van der Waals surface area contributed by atoms with Crippen LogP contribution in [0.15, 0.2) is 24.5 Å². The molecule has 3 aromatic heterocycles. The number of pyridine rings is 1. The van der Waals surface area contributed by atoms with Crippen LogP contribution >= 0.6 is 0 Å². The lowest BCUT2D eigenvalue weighted by atomic mass is 10.1. The molecule has 0 saturated heterocycles. The van der Waals surface area contributed by atoms with Crippen molar-refractivity contribution in [2.24, 2.45) is 7.05 Å². The van der Waals surface area contributed by atoms with E-state index in [1.54, 1.807) is 17.6 Å². The molecule has 0 amide bonds. The number of aromatic nitrogens is 4. The molecule has 3 heterocycles. The molecule has 102 valence electrons. The first-order chi connectivity index (χ1) is 9.49. The number of hydrogen-bond acceptors (Lipinski definition) is 3. The fraction of sp³-hybridized carbons (Fsp3) is 0.267. The summed E-state index contributed by atoms with van der Waals surface area (Å²) in [5.41, 5.74) is 5.76. The first kappa shape index (κ1) is 12.6. The predicted molar refractivity (Wildman–Crippen MR) is 76.9 cm³/mol. The van der Waals surface area contributed by atoms with Crippen LogP contribution < -0.4 is 0 Å². The highest BCUT2D eigenvalue weighted by molar-refractivity contribution is 6.00. The third kappa shape index (κ3) is 1.74. The van der Waals surface area contributed by atoms with Crippen molar-refractivity contribution in [3.8, 4) is 11.1 Å². The van der Waals surface area contributed by atoms with Gasteiger partial charge in [-0.1, -0.05) is 6.07 Å². The van der Waals surface area contributed by atoms with Crippen molar-refractivity contribution in [3.63, 3.8) is 0 Å². The van der Waals surface area contributed by atoms with E-state index in [1.807, 2.05) is 43.9 Å². The van der Waals surface area contributed by atoms with E-state index in [9.17, 15) is 4.79 Å². The van der Waals surface area contributed by atoms with E-state index < -0.39 is 0 Å². The molecule has 5 nitrogen and oxygen atoms in total. The standard InChI is InChI=1S/C15H16N4O/c1-9-15(10(2)18(4)17-9)12-5-6-14-13(11(3)20)7-16-19(14)8-12/h5-8H,1-4H3. The van der Waals surface area contributed by atoms with Crippen molar-refractivity contribution < 1.29 is 4.79 Å². The van der Waals surface area contributed by atoms with Gasteiger partial charge in [0.05, 0.1) is 23.0 Å². The Morgan fingerprint density at radius 3 is 2.60 bits per heavy atom. The number of nitrogens with zero attached hydrogens (tertiary/aromatic N) is 4. The summed E-state index contributed by atoms with van der Waals surface area (Å²) in [6.45, 7) is 5.60. The third-order valence-electron chi connectivity index (χ3n) is 3.69. The summed E-state index contributed by atoms with van der Waals surface area (Å²) < 4.78 is 3.62. The van der Waals surface area contributed by atoms with Gasteiger partial charge in [-0.25, -0.2) is 4.52 Å². The Labute approximate surface area is 116 Å². The topological polar surface area (TPSA) is 52.2 Å². The average molecular weight is 268 g/mol. The van der Waals surface area contributed by atoms with Crippen LogP contribution in [0.2, 0.25) is 0 Å². The highest BCUT2D eigenvalue weighted by atomic mass is 16.1. The van der Waals surface area contributed by atoms with Crippen LogP contribution in [0.1, 0.15) is 28.7 Å². The SMILES string of the molecule is CC(=O)c1cnn2cc(-c3c(C)nn(C)c3C)ccc12. The van der Waals surface area contributed by atoms with Crippen molar-refractivity contribution in [2.75, 3.05) is 0 Å². The molecule has 0 aromatic carbocycles. The summed E-state index contributed by atoms with van der Waals surface area (Å²) >= 11 is 0. The van der Waals surface area contributed by atoms with Crippen molar-refractivity contribution in [2.45, 2.75) is 20.8 Å². The molecule has 0 saturated carbocycles. The van der Waals surface area contributed by atoms with Gasteiger partial charge in [0.25, 0.3) is 0 Å². The Hall–Kier alpha value is -2.43. The Bertz CT molecular complexity index is 826. The summed E-state index contributed by atoms with van der Waals surface area (Å²) in [6, 6.07) is 3.95. The average Bonchev–Trinajstić information content (AvgIpc) is 2.91. The van der Waals surface area contributed by atoms with Crippen LogP contribution in [0.4, 0.5) is 0 Å². The molecule has 0 aliphatic heterocycles. The molecule has 5 heteroatoms. The Balaban J connectivity index is 2.21. The Morgan fingerprint density at radius 2 is 2.00 bits per heavy atom. The molecule has 3 aromatic rings. The number of rotatable bonds is 2. The van der Waals surface area contributed by atoms with Crippen LogP contribution in [-0.4, -0.2) is 25.2 Å². The van der Waals surface area contributed by atoms with E-state index in [0.29, 0.717) is 5.56 Å². The number of Topliss-reactive ketones (excluding diaryl/α,β-unsaturated/α-hetero) is 1. The van der Waals surface area contributed by atoms with Gasteiger partial charge in [-0.05, 0) is 26.8 Å². The van der Waals surface area contributed by atoms with E-state index in [0.717, 1.165) is 28.0 Å². The van der Waals surface area contributed by atoms with Crippen molar-refractivity contribution >= 4 is 11.3 Å². The third-order valence-corrected chi connectivity index (χ3v) is 3.69. The van der Waals surface area contributed by atoms with Crippen LogP contribution in [0.5, 0.6) is 0 Å². The summed E-state index contributed by atoms with van der Waals surface area (Å²) in [4.78, 5) is 11.5. The molecule has 0 N–H and O–H groups in total. The molecule has 0 fully saturated rings. The molecule has 0 bridgehead atoms. The van der Waals surface area contributed by atoms with E-state index in [1.165, 1.54) is 0 Å². The summed E-state index contributed by atoms with van der Waals surface area (Å²) in [6.07, 6.45) is 3.56. The van der Waals surface area contributed by atoms with Gasteiger partial charge in [-0.3, -0.25) is 9.48 Å². The fourth-order valence-corrected chi connectivity index (χ4v) is 2.59. The lowest BCUT2D eigenvalue weighted by Gasteiger charge is -2.04. The van der Waals surface area contributed by atoms with Gasteiger partial charge in [-0.15, -0.1) is 0 Å². The quantitative estimate of drug-likeness (QED) is 0.671. The fourth-order valence-electron chi connectivity index (χ4n) is 2.59. The van der Waals surface area contributed by atoms with Gasteiger partial charge >= 0.3 is 0 Å². The monoisotopic (exact) mass is 268 g/mol. The van der Waals surface area contributed by atoms with Gasteiger partial charge in [-0.2, -0.15) is 10.2 Å². The molecular weight excluding hydrogens is 252 g/mol. The first-order valence-corrected chi connectivity index (χ1v) is 6.48. The van der Waals surface area contributed by atoms with Gasteiger partial charge in [0.2, 0.25) is 0 Å². The molecule has 0 spiro atoms. The maximum absolute atomic E-state index is 11.5. The second-order valence-corrected chi connectivity index (χ2v) is 5.03. The number of hydrogen-bond donors (Lipinski definition) is 0. The largest absolute Gasteiger partial charge is 0.294 e. The second kappa shape index (κ2) is 4.30. The minimum absolute atomic E-state index is 0.0292. The smallest absolute Gasteiger partial charge is 0.163 e. The molecule has 0 atom stereocenters. The van der Waals surface area contributed by atoms with Gasteiger partial charge in [0, 0.05) is 30.1 Å². The zero-order valence-corrected chi connectivity index (χ0v) is 12.0. The van der Waals surface area contributed by atoms with E-state index in [2.05, 4.69) is 10.2 Å². The number of carbonyl (C=O) groups excluding carboxylic acids is 1. The Morgan fingerprint density at radius 1 is 1.25 bits per heavy atom.